The molecule has 0 saturated carbocycles. The van der Waals surface area contributed by atoms with Crippen molar-refractivity contribution >= 4 is 34.5 Å². The lowest BCUT2D eigenvalue weighted by molar-refractivity contribution is -0.145. The van der Waals surface area contributed by atoms with Crippen molar-refractivity contribution in [2.75, 3.05) is 7.11 Å². The van der Waals surface area contributed by atoms with Crippen LogP contribution in [0.5, 0.6) is 0 Å². The van der Waals surface area contributed by atoms with E-state index >= 15 is 0 Å². The van der Waals surface area contributed by atoms with Gasteiger partial charge in [-0.05, 0) is 57.0 Å². The molecule has 0 radical (unpaired) electrons. The fraction of sp³-hybridized carbons (Fsp3) is 0.133. The van der Waals surface area contributed by atoms with Crippen molar-refractivity contribution in [2.24, 2.45) is 0 Å². The Labute approximate surface area is 219 Å². The van der Waals surface area contributed by atoms with Crippen LogP contribution in [0.15, 0.2) is 115 Å². The molecule has 0 aliphatic carbocycles. The monoisotopic (exact) mass is 575 g/mol. The lowest BCUT2D eigenvalue weighted by Gasteiger charge is -2.35. The number of methoxy groups -OCH3 is 1. The van der Waals surface area contributed by atoms with Gasteiger partial charge in [0.1, 0.15) is 11.5 Å². The van der Waals surface area contributed by atoms with E-state index in [0.717, 1.165) is 25.8 Å². The van der Waals surface area contributed by atoms with Gasteiger partial charge in [0, 0.05) is 9.99 Å². The Kier molecular flexibility index (Phi) is 7.98. The van der Waals surface area contributed by atoms with Gasteiger partial charge in [0.05, 0.1) is 7.11 Å². The summed E-state index contributed by atoms with van der Waals surface area (Å²) >= 11 is 2.24. The van der Waals surface area contributed by atoms with Crippen molar-refractivity contribution < 1.29 is 14.3 Å². The summed E-state index contributed by atoms with van der Waals surface area (Å²) in [5.41, 5.74) is 2.21. The van der Waals surface area contributed by atoms with Gasteiger partial charge >= 0.3 is 5.97 Å². The van der Waals surface area contributed by atoms with E-state index < -0.39 is 17.4 Å². The molecule has 0 saturated heterocycles. The van der Waals surface area contributed by atoms with Gasteiger partial charge in [-0.15, -0.1) is 0 Å². The van der Waals surface area contributed by atoms with E-state index in [0.29, 0.717) is 6.42 Å². The second-order valence-corrected chi connectivity index (χ2v) is 9.48. The number of ether oxygens (including phenoxy) is 1. The van der Waals surface area contributed by atoms with Gasteiger partial charge in [0.2, 0.25) is 5.91 Å². The minimum atomic E-state index is -1.17. The number of hydrogen-bond donors (Lipinski definition) is 1. The van der Waals surface area contributed by atoms with E-state index in [-0.39, 0.29) is 5.91 Å². The third kappa shape index (κ3) is 5.30. The lowest BCUT2D eigenvalue weighted by atomic mass is 9.68. The van der Waals surface area contributed by atoms with Crippen LogP contribution in [0.2, 0.25) is 0 Å². The first-order chi connectivity index (χ1) is 17.1. The fourth-order valence-corrected chi connectivity index (χ4v) is 5.07. The summed E-state index contributed by atoms with van der Waals surface area (Å²) in [5, 5.41) is 3.06. The van der Waals surface area contributed by atoms with Crippen LogP contribution in [0.1, 0.15) is 22.3 Å². The standard InChI is InChI=1S/C30H26INO3/c1-35-28(33)27(21-22-12-11-19-26(31)20-22)32-29(34)30(23-13-5-2-6-14-23,24-15-7-3-8-16-24)25-17-9-4-10-18-25/h2-20,27H,21H2,1H3,(H,32,34)/t27-/m1/s1. The zero-order valence-corrected chi connectivity index (χ0v) is 21.5. The Balaban J connectivity index is 1.85. The number of carbonyl (C=O) groups excluding carboxylic acids is 2. The summed E-state index contributed by atoms with van der Waals surface area (Å²) in [6.07, 6.45) is 0.323. The van der Waals surface area contributed by atoms with Crippen LogP contribution < -0.4 is 5.32 Å². The van der Waals surface area contributed by atoms with Crippen molar-refractivity contribution in [3.63, 3.8) is 0 Å². The van der Waals surface area contributed by atoms with Gasteiger partial charge < -0.3 is 10.1 Å². The molecule has 4 rings (SSSR count). The molecule has 0 unspecified atom stereocenters. The summed E-state index contributed by atoms with van der Waals surface area (Å²) < 4.78 is 6.15. The highest BCUT2D eigenvalue weighted by Crippen LogP contribution is 2.39. The third-order valence-electron chi connectivity index (χ3n) is 6.08. The van der Waals surface area contributed by atoms with Crippen molar-refractivity contribution in [2.45, 2.75) is 17.9 Å². The first-order valence-corrected chi connectivity index (χ1v) is 12.4. The van der Waals surface area contributed by atoms with Crippen molar-refractivity contribution in [1.82, 2.24) is 5.32 Å². The maximum absolute atomic E-state index is 14.4. The quantitative estimate of drug-likeness (QED) is 0.171. The zero-order valence-electron chi connectivity index (χ0n) is 19.4. The number of benzene rings is 4. The molecule has 5 heteroatoms. The Morgan fingerprint density at radius 1 is 0.771 bits per heavy atom. The van der Waals surface area contributed by atoms with Gasteiger partial charge in [-0.25, -0.2) is 4.79 Å². The maximum Gasteiger partial charge on any atom is 0.328 e. The largest absolute Gasteiger partial charge is 0.467 e. The van der Waals surface area contributed by atoms with Crippen LogP contribution >= 0.6 is 22.6 Å². The lowest BCUT2D eigenvalue weighted by Crippen LogP contribution is -2.52. The summed E-state index contributed by atoms with van der Waals surface area (Å²) in [6.45, 7) is 0. The van der Waals surface area contributed by atoms with E-state index in [1.807, 2.05) is 115 Å². The van der Waals surface area contributed by atoms with Gasteiger partial charge in [-0.2, -0.15) is 0 Å². The predicted molar refractivity (Wildman–Crippen MR) is 146 cm³/mol. The Bertz CT molecular complexity index is 1180. The molecule has 1 atom stereocenters. The number of nitrogens with one attached hydrogen (secondary N) is 1. The average molecular weight is 575 g/mol. The Hall–Kier alpha value is -3.45. The second-order valence-electron chi connectivity index (χ2n) is 8.23. The molecule has 0 spiro atoms. The normalized spacial score (nSPS) is 11.9. The Morgan fingerprint density at radius 2 is 1.26 bits per heavy atom. The molecule has 0 fully saturated rings. The minimum absolute atomic E-state index is 0.290. The number of amides is 1. The molecule has 0 aromatic heterocycles. The SMILES string of the molecule is COC(=O)[C@@H](Cc1cccc(I)c1)NC(=O)C(c1ccccc1)(c1ccccc1)c1ccccc1. The maximum atomic E-state index is 14.4. The van der Waals surface area contributed by atoms with E-state index in [2.05, 4.69) is 27.9 Å². The smallest absolute Gasteiger partial charge is 0.328 e. The van der Waals surface area contributed by atoms with Crippen molar-refractivity contribution in [1.29, 1.82) is 0 Å². The molecule has 35 heavy (non-hydrogen) atoms. The summed E-state index contributed by atoms with van der Waals surface area (Å²) in [7, 11) is 1.34. The molecule has 4 aromatic rings. The van der Waals surface area contributed by atoms with Gasteiger partial charge in [-0.3, -0.25) is 4.79 Å². The molecule has 0 aliphatic heterocycles. The molecule has 1 amide bonds. The average Bonchev–Trinajstić information content (AvgIpc) is 2.90. The number of hydrogen-bond acceptors (Lipinski definition) is 3. The summed E-state index contributed by atoms with van der Waals surface area (Å²) in [6, 6.07) is 36.1. The first-order valence-electron chi connectivity index (χ1n) is 11.4. The van der Waals surface area contributed by atoms with E-state index in [4.69, 9.17) is 4.74 Å². The zero-order chi connectivity index (χ0) is 24.7. The minimum Gasteiger partial charge on any atom is -0.467 e. The molecule has 1 N–H and O–H groups in total. The topological polar surface area (TPSA) is 55.4 Å². The molecule has 0 bridgehead atoms. The molecule has 4 aromatic carbocycles. The number of esters is 1. The van der Waals surface area contributed by atoms with E-state index in [1.165, 1.54) is 7.11 Å². The molecule has 0 aliphatic rings. The van der Waals surface area contributed by atoms with Gasteiger partial charge in [-0.1, -0.05) is 103 Å². The van der Waals surface area contributed by atoms with Crippen LogP contribution in [0.3, 0.4) is 0 Å². The van der Waals surface area contributed by atoms with Crippen molar-refractivity contribution in [3.8, 4) is 0 Å². The van der Waals surface area contributed by atoms with Crippen LogP contribution in [0, 0.1) is 3.57 Å². The Morgan fingerprint density at radius 3 is 1.69 bits per heavy atom. The van der Waals surface area contributed by atoms with E-state index in [1.54, 1.807) is 0 Å². The highest BCUT2D eigenvalue weighted by molar-refractivity contribution is 14.1. The molecular formula is C30H26INO3. The third-order valence-corrected chi connectivity index (χ3v) is 6.75. The van der Waals surface area contributed by atoms with Crippen LogP contribution in [-0.2, 0) is 26.2 Å². The fourth-order valence-electron chi connectivity index (χ4n) is 4.46. The second kappa shape index (κ2) is 11.3. The van der Waals surface area contributed by atoms with Crippen LogP contribution in [0.25, 0.3) is 0 Å². The number of carbonyl (C=O) groups is 2. The summed E-state index contributed by atoms with van der Waals surface area (Å²) in [4.78, 5) is 27.3. The molecule has 0 heterocycles. The predicted octanol–water partition coefficient (Wildman–Crippen LogP) is 5.53. The van der Waals surface area contributed by atoms with Crippen LogP contribution in [0.4, 0.5) is 0 Å². The van der Waals surface area contributed by atoms with Crippen LogP contribution in [-0.4, -0.2) is 25.0 Å². The van der Waals surface area contributed by atoms with Gasteiger partial charge in [0.25, 0.3) is 0 Å². The number of halogens is 1. The first kappa shape index (κ1) is 24.7. The van der Waals surface area contributed by atoms with Gasteiger partial charge in [0.15, 0.2) is 0 Å². The van der Waals surface area contributed by atoms with E-state index in [9.17, 15) is 9.59 Å². The summed E-state index contributed by atoms with van der Waals surface area (Å²) in [5.74, 6) is -0.776. The number of rotatable bonds is 8. The molecule has 4 nitrogen and oxygen atoms in total. The highest BCUT2D eigenvalue weighted by Gasteiger charge is 2.45. The highest BCUT2D eigenvalue weighted by atomic mass is 127. The molecular weight excluding hydrogens is 549 g/mol. The molecule has 176 valence electrons. The van der Waals surface area contributed by atoms with Crippen molar-refractivity contribution in [3.05, 3.63) is 141 Å².